The van der Waals surface area contributed by atoms with E-state index in [2.05, 4.69) is 4.98 Å². The first-order chi connectivity index (χ1) is 6.80. The van der Waals surface area contributed by atoms with Gasteiger partial charge in [-0.15, -0.1) is 11.3 Å². The summed E-state index contributed by atoms with van der Waals surface area (Å²) >= 11 is 1.29. The lowest BCUT2D eigenvalue weighted by Gasteiger charge is -1.96. The molecule has 1 aromatic rings. The molecule has 15 heavy (non-hydrogen) atoms. The summed E-state index contributed by atoms with van der Waals surface area (Å²) in [7, 11) is -3.59. The SMILES string of the molecule is Cc1nc(CS(=O)(=O)CC(=O)O)sc1C. The Morgan fingerprint density at radius 1 is 1.47 bits per heavy atom. The summed E-state index contributed by atoms with van der Waals surface area (Å²) in [5.74, 6) is -2.47. The number of hydrogen-bond donors (Lipinski definition) is 1. The molecule has 0 atom stereocenters. The molecule has 0 aromatic carbocycles. The van der Waals surface area contributed by atoms with Crippen LogP contribution in [0.2, 0.25) is 0 Å². The van der Waals surface area contributed by atoms with E-state index in [9.17, 15) is 13.2 Å². The molecule has 0 saturated heterocycles. The first-order valence-electron chi connectivity index (χ1n) is 4.15. The van der Waals surface area contributed by atoms with Crippen molar-refractivity contribution in [3.63, 3.8) is 0 Å². The van der Waals surface area contributed by atoms with Crippen molar-refractivity contribution in [2.45, 2.75) is 19.6 Å². The third kappa shape index (κ3) is 3.60. The molecule has 0 aliphatic carbocycles. The molecule has 0 amide bonds. The number of carbonyl (C=O) groups is 1. The van der Waals surface area contributed by atoms with Crippen molar-refractivity contribution in [3.8, 4) is 0 Å². The van der Waals surface area contributed by atoms with Gasteiger partial charge in [-0.25, -0.2) is 13.4 Å². The predicted molar refractivity (Wildman–Crippen MR) is 56.7 cm³/mol. The van der Waals surface area contributed by atoms with Gasteiger partial charge in [0.25, 0.3) is 0 Å². The van der Waals surface area contributed by atoms with Crippen LogP contribution in [-0.4, -0.2) is 30.2 Å². The zero-order chi connectivity index (χ0) is 11.6. The number of aryl methyl sites for hydroxylation is 2. The van der Waals surface area contributed by atoms with Crippen LogP contribution in [0, 0.1) is 13.8 Å². The van der Waals surface area contributed by atoms with E-state index in [1.165, 1.54) is 11.3 Å². The second-order valence-electron chi connectivity index (χ2n) is 3.18. The van der Waals surface area contributed by atoms with Gasteiger partial charge in [0.15, 0.2) is 9.84 Å². The predicted octanol–water partition coefficient (Wildman–Crippen LogP) is 0.759. The van der Waals surface area contributed by atoms with Crippen LogP contribution in [0.25, 0.3) is 0 Å². The fourth-order valence-corrected chi connectivity index (χ4v) is 3.45. The standard InChI is InChI=1S/C8H11NO4S2/c1-5-6(2)14-7(9-5)3-15(12,13)4-8(10)11/h3-4H2,1-2H3,(H,10,11). The van der Waals surface area contributed by atoms with Gasteiger partial charge in [0, 0.05) is 4.88 Å². The van der Waals surface area contributed by atoms with Crippen molar-refractivity contribution >= 4 is 27.1 Å². The van der Waals surface area contributed by atoms with Crippen molar-refractivity contribution in [3.05, 3.63) is 15.6 Å². The van der Waals surface area contributed by atoms with Gasteiger partial charge < -0.3 is 5.11 Å². The number of nitrogens with zero attached hydrogens (tertiary/aromatic N) is 1. The minimum Gasteiger partial charge on any atom is -0.480 e. The third-order valence-corrected chi connectivity index (χ3v) is 4.42. The number of thiazole rings is 1. The van der Waals surface area contributed by atoms with Gasteiger partial charge in [-0.1, -0.05) is 0 Å². The number of carboxylic acids is 1. The zero-order valence-electron chi connectivity index (χ0n) is 8.35. The van der Waals surface area contributed by atoms with E-state index in [4.69, 9.17) is 5.11 Å². The maximum atomic E-state index is 11.3. The lowest BCUT2D eigenvalue weighted by atomic mass is 10.4. The van der Waals surface area contributed by atoms with Gasteiger partial charge in [0.1, 0.15) is 16.5 Å². The highest BCUT2D eigenvalue weighted by atomic mass is 32.2. The number of hydrogen-bond acceptors (Lipinski definition) is 5. The molecule has 0 unspecified atom stereocenters. The Labute approximate surface area is 91.7 Å². The van der Waals surface area contributed by atoms with E-state index < -0.39 is 21.6 Å². The molecule has 0 aliphatic rings. The van der Waals surface area contributed by atoms with Gasteiger partial charge in [-0.3, -0.25) is 4.79 Å². The van der Waals surface area contributed by atoms with E-state index >= 15 is 0 Å². The van der Waals surface area contributed by atoms with Crippen molar-refractivity contribution in [1.29, 1.82) is 0 Å². The molecule has 0 spiro atoms. The Hall–Kier alpha value is -0.950. The summed E-state index contributed by atoms with van der Waals surface area (Å²) in [4.78, 5) is 15.3. The molecule has 0 fully saturated rings. The van der Waals surface area contributed by atoms with Crippen LogP contribution in [0.5, 0.6) is 0 Å². The summed E-state index contributed by atoms with van der Waals surface area (Å²) in [5.41, 5.74) is 0.792. The highest BCUT2D eigenvalue weighted by Crippen LogP contribution is 2.18. The number of aromatic nitrogens is 1. The fraction of sp³-hybridized carbons (Fsp3) is 0.500. The van der Waals surface area contributed by atoms with Crippen LogP contribution < -0.4 is 0 Å². The lowest BCUT2D eigenvalue weighted by molar-refractivity contribution is -0.134. The van der Waals surface area contributed by atoms with Crippen LogP contribution in [-0.2, 0) is 20.4 Å². The summed E-state index contributed by atoms with van der Waals surface area (Å²) in [5, 5.41) is 8.84. The minimum atomic E-state index is -3.59. The van der Waals surface area contributed by atoms with Gasteiger partial charge in [0.2, 0.25) is 0 Å². The average Bonchev–Trinajstić information content (AvgIpc) is 2.25. The van der Waals surface area contributed by atoms with Crippen LogP contribution in [0.15, 0.2) is 0 Å². The molecule has 7 heteroatoms. The second kappa shape index (κ2) is 4.28. The summed E-state index contributed by atoms with van der Waals surface area (Å²) < 4.78 is 22.6. The third-order valence-electron chi connectivity index (χ3n) is 1.76. The number of carboxylic acid groups (broad SMARTS) is 1. The molecule has 0 saturated carbocycles. The minimum absolute atomic E-state index is 0.293. The Balaban J connectivity index is 2.82. The highest BCUT2D eigenvalue weighted by Gasteiger charge is 2.19. The first-order valence-corrected chi connectivity index (χ1v) is 6.79. The van der Waals surface area contributed by atoms with Gasteiger partial charge in [-0.2, -0.15) is 0 Å². The van der Waals surface area contributed by atoms with Crippen molar-refractivity contribution in [1.82, 2.24) is 4.98 Å². The molecule has 1 rings (SSSR count). The van der Waals surface area contributed by atoms with Crippen LogP contribution in [0.4, 0.5) is 0 Å². The monoisotopic (exact) mass is 249 g/mol. The molecular formula is C8H11NO4S2. The lowest BCUT2D eigenvalue weighted by Crippen LogP contribution is -2.16. The van der Waals surface area contributed by atoms with E-state index in [1.807, 2.05) is 6.92 Å². The van der Waals surface area contributed by atoms with Gasteiger partial charge >= 0.3 is 5.97 Å². The molecular weight excluding hydrogens is 238 g/mol. The van der Waals surface area contributed by atoms with E-state index in [-0.39, 0.29) is 5.75 Å². The Kier molecular flexibility index (Phi) is 3.46. The highest BCUT2D eigenvalue weighted by molar-refractivity contribution is 7.91. The molecule has 1 N–H and O–H groups in total. The average molecular weight is 249 g/mol. The Morgan fingerprint density at radius 3 is 2.47 bits per heavy atom. The second-order valence-corrected chi connectivity index (χ2v) is 6.53. The maximum Gasteiger partial charge on any atom is 0.318 e. The quantitative estimate of drug-likeness (QED) is 0.851. The number of aliphatic carboxylic acids is 1. The Morgan fingerprint density at radius 2 is 2.07 bits per heavy atom. The van der Waals surface area contributed by atoms with E-state index in [0.29, 0.717) is 5.01 Å². The number of sulfone groups is 1. The van der Waals surface area contributed by atoms with E-state index in [0.717, 1.165) is 10.6 Å². The Bertz CT molecular complexity index is 455. The van der Waals surface area contributed by atoms with Crippen molar-refractivity contribution in [2.75, 3.05) is 5.75 Å². The van der Waals surface area contributed by atoms with Crippen molar-refractivity contribution < 1.29 is 18.3 Å². The molecule has 0 aliphatic heterocycles. The van der Waals surface area contributed by atoms with Crippen LogP contribution in [0.3, 0.4) is 0 Å². The molecule has 0 radical (unpaired) electrons. The summed E-state index contributed by atoms with van der Waals surface area (Å²) in [6, 6.07) is 0. The normalized spacial score (nSPS) is 11.6. The van der Waals surface area contributed by atoms with E-state index in [1.54, 1.807) is 6.92 Å². The fourth-order valence-electron chi connectivity index (χ4n) is 1.03. The first kappa shape index (κ1) is 12.1. The van der Waals surface area contributed by atoms with Gasteiger partial charge in [0.05, 0.1) is 5.69 Å². The van der Waals surface area contributed by atoms with Gasteiger partial charge in [-0.05, 0) is 13.8 Å². The summed E-state index contributed by atoms with van der Waals surface area (Å²) in [6.07, 6.45) is 0. The van der Waals surface area contributed by atoms with Crippen molar-refractivity contribution in [2.24, 2.45) is 0 Å². The van der Waals surface area contributed by atoms with Crippen LogP contribution in [0.1, 0.15) is 15.6 Å². The molecule has 1 aromatic heterocycles. The molecule has 84 valence electrons. The summed E-state index contributed by atoms with van der Waals surface area (Å²) in [6.45, 7) is 3.64. The topological polar surface area (TPSA) is 84.3 Å². The molecule has 5 nitrogen and oxygen atoms in total. The molecule has 0 bridgehead atoms. The smallest absolute Gasteiger partial charge is 0.318 e. The zero-order valence-corrected chi connectivity index (χ0v) is 9.98. The number of rotatable bonds is 4. The molecule has 1 heterocycles. The largest absolute Gasteiger partial charge is 0.480 e. The maximum absolute atomic E-state index is 11.3. The van der Waals surface area contributed by atoms with Crippen LogP contribution >= 0.6 is 11.3 Å².